The molecule has 0 amide bonds. The number of rotatable bonds is 6. The van der Waals surface area contributed by atoms with E-state index in [2.05, 4.69) is 9.98 Å². The molecule has 2 heterocycles. The van der Waals surface area contributed by atoms with Crippen LogP contribution in [0.25, 0.3) is 6.08 Å². The van der Waals surface area contributed by atoms with Gasteiger partial charge in [0.1, 0.15) is 5.75 Å². The van der Waals surface area contributed by atoms with Crippen LogP contribution in [0.3, 0.4) is 0 Å². The topological polar surface area (TPSA) is 113 Å². The molecule has 0 saturated heterocycles. The highest BCUT2D eigenvalue weighted by atomic mass is 35.5. The van der Waals surface area contributed by atoms with Crippen LogP contribution in [0.2, 0.25) is 5.15 Å². The average Bonchev–Trinajstić information content (AvgIpc) is 3.30. The number of cyclic esters (lactones) is 1. The minimum Gasteiger partial charge on any atom is -0.490 e. The van der Waals surface area contributed by atoms with Crippen LogP contribution in [0.15, 0.2) is 59.2 Å². The lowest BCUT2D eigenvalue weighted by atomic mass is 10.2. The number of ether oxygens (including phenoxy) is 3. The fourth-order valence-electron chi connectivity index (χ4n) is 2.64. The number of esters is 1. The van der Waals surface area contributed by atoms with Crippen molar-refractivity contribution in [1.82, 2.24) is 4.98 Å². The molecule has 156 valence electrons. The Morgan fingerprint density at radius 1 is 1.23 bits per heavy atom. The first kappa shape index (κ1) is 20.5. The molecule has 1 aromatic heterocycles. The number of para-hydroxylation sites is 1. The highest BCUT2D eigenvalue weighted by Gasteiger charge is 2.27. The van der Waals surface area contributed by atoms with E-state index in [1.165, 1.54) is 31.4 Å². The van der Waals surface area contributed by atoms with E-state index in [9.17, 15) is 14.9 Å². The molecule has 3 aromatic rings. The number of nitro benzene ring substituents is 1. The Balaban J connectivity index is 1.62. The number of hydrogen-bond donors (Lipinski definition) is 0. The molecule has 0 unspecified atom stereocenters. The molecule has 0 aliphatic carbocycles. The molecule has 11 heteroatoms. The van der Waals surface area contributed by atoms with Gasteiger partial charge in [-0.25, -0.2) is 9.79 Å². The van der Waals surface area contributed by atoms with Gasteiger partial charge in [-0.3, -0.25) is 10.1 Å². The monoisotopic (exact) mass is 457 g/mol. The molecule has 0 N–H and O–H groups in total. The van der Waals surface area contributed by atoms with Gasteiger partial charge in [0.15, 0.2) is 16.6 Å². The van der Waals surface area contributed by atoms with E-state index >= 15 is 0 Å². The lowest BCUT2D eigenvalue weighted by Crippen LogP contribution is -2.06. The van der Waals surface area contributed by atoms with Gasteiger partial charge in [0.05, 0.1) is 16.9 Å². The Bertz CT molecular complexity index is 1240. The minimum atomic E-state index is -0.719. The van der Waals surface area contributed by atoms with Gasteiger partial charge in [-0.15, -0.1) is 0 Å². The Kier molecular flexibility index (Phi) is 5.65. The predicted molar refractivity (Wildman–Crippen MR) is 114 cm³/mol. The summed E-state index contributed by atoms with van der Waals surface area (Å²) in [7, 11) is 1.32. The summed E-state index contributed by atoms with van der Waals surface area (Å²) in [6, 6.07) is 13.2. The Hall–Kier alpha value is -3.76. The highest BCUT2D eigenvalue weighted by Crippen LogP contribution is 2.35. The normalized spacial score (nSPS) is 14.3. The van der Waals surface area contributed by atoms with Crippen LogP contribution < -0.4 is 9.47 Å². The van der Waals surface area contributed by atoms with E-state index in [0.717, 1.165) is 11.3 Å². The number of nitrogens with zero attached hydrogens (tertiary/aromatic N) is 3. The molecule has 0 radical (unpaired) electrons. The second-order valence-corrected chi connectivity index (χ2v) is 7.38. The van der Waals surface area contributed by atoms with Gasteiger partial charge in [-0.1, -0.05) is 41.1 Å². The maximum absolute atomic E-state index is 12.3. The first-order valence-electron chi connectivity index (χ1n) is 8.69. The molecule has 4 rings (SSSR count). The van der Waals surface area contributed by atoms with Crippen molar-refractivity contribution in [1.29, 1.82) is 0 Å². The summed E-state index contributed by atoms with van der Waals surface area (Å²) in [4.78, 5) is 31.6. The predicted octanol–water partition coefficient (Wildman–Crippen LogP) is 4.85. The average molecular weight is 458 g/mol. The molecule has 0 spiro atoms. The van der Waals surface area contributed by atoms with E-state index in [1.807, 2.05) is 18.2 Å². The summed E-state index contributed by atoms with van der Waals surface area (Å²) in [5.74, 6) is -0.113. The van der Waals surface area contributed by atoms with Crippen LogP contribution >= 0.6 is 22.9 Å². The van der Waals surface area contributed by atoms with Gasteiger partial charge in [-0.05, 0) is 30.3 Å². The van der Waals surface area contributed by atoms with Crippen molar-refractivity contribution < 1.29 is 23.9 Å². The quantitative estimate of drug-likeness (QED) is 0.225. The van der Waals surface area contributed by atoms with Gasteiger partial charge in [0, 0.05) is 11.6 Å². The van der Waals surface area contributed by atoms with Crippen LogP contribution in [-0.4, -0.2) is 28.9 Å². The summed E-state index contributed by atoms with van der Waals surface area (Å²) in [6.45, 7) is 0. The van der Waals surface area contributed by atoms with Crippen LogP contribution in [0.4, 0.5) is 5.69 Å². The van der Waals surface area contributed by atoms with Gasteiger partial charge in [0.25, 0.3) is 5.19 Å². The molecular formula is C20H12ClN3O6S. The molecule has 9 nitrogen and oxygen atoms in total. The number of nitro groups is 1. The summed E-state index contributed by atoms with van der Waals surface area (Å²) in [5, 5.41) is 11.7. The van der Waals surface area contributed by atoms with Crippen LogP contribution in [0.1, 0.15) is 10.4 Å². The maximum atomic E-state index is 12.3. The molecule has 0 bridgehead atoms. The van der Waals surface area contributed by atoms with E-state index in [0.29, 0.717) is 15.8 Å². The lowest BCUT2D eigenvalue weighted by molar-refractivity contribution is -0.385. The zero-order chi connectivity index (χ0) is 22.0. The number of benzene rings is 2. The van der Waals surface area contributed by atoms with Crippen molar-refractivity contribution in [3.8, 4) is 16.7 Å². The van der Waals surface area contributed by atoms with Crippen LogP contribution in [0, 0.1) is 10.1 Å². The first-order chi connectivity index (χ1) is 14.9. The molecule has 1 aliphatic heterocycles. The number of methoxy groups -OCH3 is 1. The summed E-state index contributed by atoms with van der Waals surface area (Å²) in [6.07, 6.45) is 1.42. The third kappa shape index (κ3) is 4.39. The zero-order valence-corrected chi connectivity index (χ0v) is 17.3. The van der Waals surface area contributed by atoms with E-state index in [1.54, 1.807) is 12.1 Å². The van der Waals surface area contributed by atoms with Gasteiger partial charge in [0.2, 0.25) is 5.90 Å². The maximum Gasteiger partial charge on any atom is 0.363 e. The van der Waals surface area contributed by atoms with Crippen molar-refractivity contribution in [3.63, 3.8) is 0 Å². The molecule has 1 aliphatic rings. The lowest BCUT2D eigenvalue weighted by Gasteiger charge is -2.03. The number of carbonyl (C=O) groups is 1. The van der Waals surface area contributed by atoms with Gasteiger partial charge < -0.3 is 14.2 Å². The van der Waals surface area contributed by atoms with Crippen molar-refractivity contribution >= 4 is 46.6 Å². The van der Waals surface area contributed by atoms with Crippen LogP contribution in [0.5, 0.6) is 16.7 Å². The van der Waals surface area contributed by atoms with Crippen molar-refractivity contribution in [2.24, 2.45) is 4.99 Å². The van der Waals surface area contributed by atoms with Crippen molar-refractivity contribution in [2.45, 2.75) is 0 Å². The number of aliphatic imine (C=N–C) groups is 1. The highest BCUT2D eigenvalue weighted by molar-refractivity contribution is 7.14. The largest absolute Gasteiger partial charge is 0.490 e. The Morgan fingerprint density at radius 3 is 2.71 bits per heavy atom. The fourth-order valence-corrected chi connectivity index (χ4v) is 3.70. The third-order valence-electron chi connectivity index (χ3n) is 4.05. The third-order valence-corrected chi connectivity index (χ3v) is 5.33. The molecule has 2 aromatic carbocycles. The van der Waals surface area contributed by atoms with E-state index < -0.39 is 10.9 Å². The number of halogens is 1. The molecule has 31 heavy (non-hydrogen) atoms. The number of aromatic nitrogens is 1. The molecule has 0 atom stereocenters. The van der Waals surface area contributed by atoms with Crippen molar-refractivity contribution in [2.75, 3.05) is 7.11 Å². The summed E-state index contributed by atoms with van der Waals surface area (Å²) >= 11 is 7.29. The SMILES string of the molecule is COc1ccc(C2=NC(=Cc3sc(Oc4ccccc4)nc3Cl)C(=O)O2)cc1[N+](=O)[O-]. The molecule has 0 saturated carbocycles. The van der Waals surface area contributed by atoms with E-state index in [-0.39, 0.29) is 33.7 Å². The Morgan fingerprint density at radius 2 is 2.00 bits per heavy atom. The summed E-state index contributed by atoms with van der Waals surface area (Å²) in [5.41, 5.74) is -0.0394. The first-order valence-corrected chi connectivity index (χ1v) is 9.88. The smallest absolute Gasteiger partial charge is 0.363 e. The number of hydrogen-bond acceptors (Lipinski definition) is 9. The van der Waals surface area contributed by atoms with E-state index in [4.69, 9.17) is 25.8 Å². The Labute approximate surface area is 184 Å². The zero-order valence-electron chi connectivity index (χ0n) is 15.8. The summed E-state index contributed by atoms with van der Waals surface area (Å²) < 4.78 is 15.8. The minimum absolute atomic E-state index is 0.0229. The van der Waals surface area contributed by atoms with Gasteiger partial charge in [-0.2, -0.15) is 4.98 Å². The molecular weight excluding hydrogens is 446 g/mol. The standard InChI is InChI=1S/C20H12ClN3O6S/c1-28-15-8-7-11(9-14(15)24(26)27)18-22-13(19(25)30-18)10-16-17(21)23-20(31-16)29-12-5-3-2-4-6-12/h2-10H,1H3. The second kappa shape index (κ2) is 8.54. The molecule has 0 fully saturated rings. The van der Waals surface area contributed by atoms with Crippen LogP contribution in [-0.2, 0) is 9.53 Å². The number of carbonyl (C=O) groups excluding carboxylic acids is 1. The fraction of sp³-hybridized carbons (Fsp3) is 0.0500. The van der Waals surface area contributed by atoms with Gasteiger partial charge >= 0.3 is 11.7 Å². The second-order valence-electron chi connectivity index (χ2n) is 6.03. The van der Waals surface area contributed by atoms with Crippen molar-refractivity contribution in [3.05, 3.63) is 79.9 Å². The number of thiazole rings is 1.